The lowest BCUT2D eigenvalue weighted by Crippen LogP contribution is -2.16. The average molecular weight is 379 g/mol. The highest BCUT2D eigenvalue weighted by molar-refractivity contribution is 6.34. The number of carbonyl (C=O) groups is 2. The topological polar surface area (TPSA) is 109 Å². The minimum atomic E-state index is -0.752. The number of methoxy groups -OCH3 is 2. The highest BCUT2D eigenvalue weighted by Gasteiger charge is 2.29. The molecule has 8 nitrogen and oxygen atoms in total. The smallest absolute Gasteiger partial charge is 0.340 e. The second-order valence-electron chi connectivity index (χ2n) is 5.31. The SMILES string of the molecule is COC(=O)c1c(C)nc(C)c(C(=O)OC)c1-c1cc([N+](=O)[O-])ccc1Cl. The van der Waals surface area contributed by atoms with Gasteiger partial charge in [0.05, 0.1) is 41.7 Å². The number of benzene rings is 1. The van der Waals surface area contributed by atoms with Crippen LogP contribution in [0.3, 0.4) is 0 Å². The van der Waals surface area contributed by atoms with Crippen molar-refractivity contribution in [3.63, 3.8) is 0 Å². The number of esters is 2. The van der Waals surface area contributed by atoms with E-state index in [0.29, 0.717) is 11.4 Å². The van der Waals surface area contributed by atoms with E-state index in [9.17, 15) is 19.7 Å². The molecule has 0 aliphatic heterocycles. The number of hydrogen-bond acceptors (Lipinski definition) is 7. The molecule has 0 N–H and O–H groups in total. The van der Waals surface area contributed by atoms with E-state index in [1.807, 2.05) is 0 Å². The van der Waals surface area contributed by atoms with Crippen LogP contribution in [0, 0.1) is 24.0 Å². The lowest BCUT2D eigenvalue weighted by Gasteiger charge is -2.17. The molecule has 136 valence electrons. The van der Waals surface area contributed by atoms with Gasteiger partial charge in [-0.2, -0.15) is 0 Å². The summed E-state index contributed by atoms with van der Waals surface area (Å²) >= 11 is 6.23. The van der Waals surface area contributed by atoms with Crippen LogP contribution in [0.5, 0.6) is 0 Å². The summed E-state index contributed by atoms with van der Waals surface area (Å²) < 4.78 is 9.59. The second-order valence-corrected chi connectivity index (χ2v) is 5.72. The molecule has 26 heavy (non-hydrogen) atoms. The predicted molar refractivity (Wildman–Crippen MR) is 93.5 cm³/mol. The van der Waals surface area contributed by atoms with E-state index in [1.165, 1.54) is 32.4 Å². The van der Waals surface area contributed by atoms with Crippen LogP contribution >= 0.6 is 11.6 Å². The summed E-state index contributed by atoms with van der Waals surface area (Å²) in [5.74, 6) is -1.50. The first-order chi connectivity index (χ1) is 12.2. The molecular formula is C17H15ClN2O6. The summed E-state index contributed by atoms with van der Waals surface area (Å²) in [6.45, 7) is 3.13. The monoisotopic (exact) mass is 378 g/mol. The quantitative estimate of drug-likeness (QED) is 0.455. The van der Waals surface area contributed by atoms with Gasteiger partial charge in [-0.25, -0.2) is 9.59 Å². The number of nitro groups is 1. The maximum atomic E-state index is 12.3. The number of non-ortho nitro benzene ring substituents is 1. The molecule has 0 saturated heterocycles. The minimum Gasteiger partial charge on any atom is -0.465 e. The van der Waals surface area contributed by atoms with Crippen LogP contribution in [-0.2, 0) is 9.47 Å². The van der Waals surface area contributed by atoms with E-state index in [1.54, 1.807) is 13.8 Å². The van der Waals surface area contributed by atoms with Gasteiger partial charge in [0.2, 0.25) is 0 Å². The molecule has 9 heteroatoms. The first-order valence-electron chi connectivity index (χ1n) is 7.35. The minimum absolute atomic E-state index is 0.0131. The van der Waals surface area contributed by atoms with Gasteiger partial charge in [-0.3, -0.25) is 15.1 Å². The van der Waals surface area contributed by atoms with Crippen molar-refractivity contribution in [3.8, 4) is 11.1 Å². The zero-order chi connectivity index (χ0) is 19.6. The number of halogens is 1. The molecule has 0 aliphatic rings. The number of rotatable bonds is 4. The first kappa shape index (κ1) is 19.3. The average Bonchev–Trinajstić information content (AvgIpc) is 2.60. The summed E-state index contributed by atoms with van der Waals surface area (Å²) in [7, 11) is 2.36. The molecule has 0 spiro atoms. The van der Waals surface area contributed by atoms with E-state index in [4.69, 9.17) is 21.1 Å². The largest absolute Gasteiger partial charge is 0.465 e. The lowest BCUT2D eigenvalue weighted by molar-refractivity contribution is -0.384. The standard InChI is InChI=1S/C17H15ClN2O6/c1-8-13(16(21)25-3)15(14(9(2)19-8)17(22)26-4)11-7-10(20(23)24)5-6-12(11)18/h5-7H,1-4H3. The second kappa shape index (κ2) is 7.49. The Bertz CT molecular complexity index is 886. The van der Waals surface area contributed by atoms with Crippen molar-refractivity contribution >= 4 is 29.2 Å². The summed E-state index contributed by atoms with van der Waals surface area (Å²) in [5.41, 5.74) is 0.529. The Morgan fingerprint density at radius 1 is 1.08 bits per heavy atom. The maximum Gasteiger partial charge on any atom is 0.340 e. The summed E-state index contributed by atoms with van der Waals surface area (Å²) in [6, 6.07) is 3.74. The number of ether oxygens (including phenoxy) is 2. The van der Waals surface area contributed by atoms with Crippen molar-refractivity contribution in [3.05, 3.63) is 55.9 Å². The van der Waals surface area contributed by atoms with Gasteiger partial charge in [-0.15, -0.1) is 0 Å². The van der Waals surface area contributed by atoms with Gasteiger partial charge in [0.1, 0.15) is 0 Å². The zero-order valence-electron chi connectivity index (χ0n) is 14.5. The van der Waals surface area contributed by atoms with Crippen LogP contribution in [0.4, 0.5) is 5.69 Å². The lowest BCUT2D eigenvalue weighted by atomic mass is 9.92. The van der Waals surface area contributed by atoms with E-state index in [-0.39, 0.29) is 33.0 Å². The van der Waals surface area contributed by atoms with Gasteiger partial charge >= 0.3 is 11.9 Å². The molecule has 0 bridgehead atoms. The molecule has 1 heterocycles. The van der Waals surface area contributed by atoms with Crippen LogP contribution in [0.15, 0.2) is 18.2 Å². The number of hydrogen-bond donors (Lipinski definition) is 0. The fourth-order valence-electron chi connectivity index (χ4n) is 2.64. The molecule has 0 radical (unpaired) electrons. The number of aryl methyl sites for hydroxylation is 2. The molecule has 0 saturated carbocycles. The maximum absolute atomic E-state index is 12.3. The highest BCUT2D eigenvalue weighted by atomic mass is 35.5. The van der Waals surface area contributed by atoms with Crippen molar-refractivity contribution in [2.45, 2.75) is 13.8 Å². The molecule has 1 aromatic heterocycles. The van der Waals surface area contributed by atoms with Gasteiger partial charge in [0.15, 0.2) is 0 Å². The molecule has 2 aromatic rings. The Kier molecular flexibility index (Phi) is 5.56. The Morgan fingerprint density at radius 3 is 2.00 bits per heavy atom. The van der Waals surface area contributed by atoms with Crippen molar-refractivity contribution in [2.75, 3.05) is 14.2 Å². The molecule has 0 unspecified atom stereocenters. The molecule has 2 rings (SSSR count). The van der Waals surface area contributed by atoms with Crippen LogP contribution in [0.25, 0.3) is 11.1 Å². The molecule has 0 amide bonds. The number of nitrogens with zero attached hydrogens (tertiary/aromatic N) is 2. The van der Waals surface area contributed by atoms with Gasteiger partial charge in [0, 0.05) is 28.3 Å². The molecule has 0 atom stereocenters. The van der Waals surface area contributed by atoms with Crippen LogP contribution in [0.2, 0.25) is 5.02 Å². The van der Waals surface area contributed by atoms with Crippen LogP contribution in [0.1, 0.15) is 32.1 Å². The Hall–Kier alpha value is -3.00. The molecular weight excluding hydrogens is 364 g/mol. The van der Waals surface area contributed by atoms with Gasteiger partial charge in [-0.1, -0.05) is 11.6 Å². The number of aromatic nitrogens is 1. The Morgan fingerprint density at radius 2 is 1.58 bits per heavy atom. The van der Waals surface area contributed by atoms with E-state index in [2.05, 4.69) is 4.98 Å². The van der Waals surface area contributed by atoms with Crippen molar-refractivity contribution in [2.24, 2.45) is 0 Å². The van der Waals surface area contributed by atoms with E-state index >= 15 is 0 Å². The normalized spacial score (nSPS) is 10.3. The predicted octanol–water partition coefficient (Wildman–Crippen LogP) is 3.50. The van der Waals surface area contributed by atoms with Gasteiger partial charge in [0.25, 0.3) is 5.69 Å². The first-order valence-corrected chi connectivity index (χ1v) is 7.72. The summed E-state index contributed by atoms with van der Waals surface area (Å²) in [5, 5.41) is 11.3. The van der Waals surface area contributed by atoms with Crippen LogP contribution < -0.4 is 0 Å². The Labute approximate surface area is 153 Å². The number of pyridine rings is 1. The third-order valence-electron chi connectivity index (χ3n) is 3.77. The van der Waals surface area contributed by atoms with Crippen molar-refractivity contribution in [1.29, 1.82) is 0 Å². The molecule has 0 aliphatic carbocycles. The molecule has 1 aromatic carbocycles. The zero-order valence-corrected chi connectivity index (χ0v) is 15.2. The van der Waals surface area contributed by atoms with Crippen LogP contribution in [-0.4, -0.2) is 36.1 Å². The van der Waals surface area contributed by atoms with Crippen molar-refractivity contribution < 1.29 is 24.0 Å². The fourth-order valence-corrected chi connectivity index (χ4v) is 2.85. The van der Waals surface area contributed by atoms with E-state index < -0.39 is 16.9 Å². The Balaban J connectivity index is 3.02. The third-order valence-corrected chi connectivity index (χ3v) is 4.10. The van der Waals surface area contributed by atoms with E-state index in [0.717, 1.165) is 0 Å². The number of nitro benzene ring substituents is 1. The van der Waals surface area contributed by atoms with Crippen molar-refractivity contribution in [1.82, 2.24) is 4.98 Å². The van der Waals surface area contributed by atoms with Gasteiger partial charge in [-0.05, 0) is 19.9 Å². The number of carbonyl (C=O) groups excluding carboxylic acids is 2. The third kappa shape index (κ3) is 3.36. The van der Waals surface area contributed by atoms with Gasteiger partial charge < -0.3 is 9.47 Å². The molecule has 0 fully saturated rings. The highest BCUT2D eigenvalue weighted by Crippen LogP contribution is 2.38. The summed E-state index contributed by atoms with van der Waals surface area (Å²) in [4.78, 5) is 39.4. The fraction of sp³-hybridized carbons (Fsp3) is 0.235. The summed E-state index contributed by atoms with van der Waals surface area (Å²) in [6.07, 6.45) is 0.